The van der Waals surface area contributed by atoms with Gasteiger partial charge in [-0.3, -0.25) is 4.79 Å². The Morgan fingerprint density at radius 2 is 2.15 bits per heavy atom. The second-order valence-corrected chi connectivity index (χ2v) is 7.74. The van der Waals surface area contributed by atoms with E-state index in [1.165, 1.54) is 0 Å². The van der Waals surface area contributed by atoms with Gasteiger partial charge in [0, 0.05) is 33.4 Å². The fourth-order valence-electron chi connectivity index (χ4n) is 3.40. The van der Waals surface area contributed by atoms with Crippen molar-refractivity contribution in [1.82, 2.24) is 9.88 Å². The molecule has 2 heterocycles. The summed E-state index contributed by atoms with van der Waals surface area (Å²) in [6.07, 6.45) is 3.04. The van der Waals surface area contributed by atoms with E-state index in [-0.39, 0.29) is 11.8 Å². The zero-order chi connectivity index (χ0) is 18.4. The van der Waals surface area contributed by atoms with Crippen LogP contribution in [0.3, 0.4) is 0 Å². The predicted molar refractivity (Wildman–Crippen MR) is 103 cm³/mol. The van der Waals surface area contributed by atoms with E-state index in [9.17, 15) is 4.79 Å². The fraction of sp³-hybridized carbons (Fsp3) is 0.579. The minimum absolute atomic E-state index is 0.112. The molecular formula is C19H27N3O3S. The van der Waals surface area contributed by atoms with Gasteiger partial charge in [-0.15, -0.1) is 11.3 Å². The van der Waals surface area contributed by atoms with Crippen LogP contribution in [0.5, 0.6) is 0 Å². The quantitative estimate of drug-likeness (QED) is 0.565. The van der Waals surface area contributed by atoms with Crippen LogP contribution in [0.25, 0.3) is 10.2 Å². The minimum Gasteiger partial charge on any atom is -0.359 e. The summed E-state index contributed by atoms with van der Waals surface area (Å²) in [4.78, 5) is 19.6. The fourth-order valence-corrected chi connectivity index (χ4v) is 4.47. The lowest BCUT2D eigenvalue weighted by molar-refractivity contribution is -0.134. The number of ether oxygens (including phenoxy) is 2. The summed E-state index contributed by atoms with van der Waals surface area (Å²) in [6.45, 7) is 2.93. The standard InChI is InChI=1S/C19H27N3O3S/c1-24-13-25-11-8-14-6-9-22(10-7-14)19(23)15(12-20)18-21-16-4-2-3-5-17(16)26-18/h2-5,14-15H,6-13,20H2,1H3/t15-/m1/s1. The SMILES string of the molecule is COCOCCC1CCN(C(=O)[C@H](CN)c2nc3ccccc3s2)CC1. The first kappa shape index (κ1) is 19.2. The molecule has 7 heteroatoms. The van der Waals surface area contributed by atoms with Crippen molar-refractivity contribution >= 4 is 27.5 Å². The molecule has 0 spiro atoms. The number of fused-ring (bicyclic) bond motifs is 1. The van der Waals surface area contributed by atoms with Gasteiger partial charge in [-0.1, -0.05) is 12.1 Å². The van der Waals surface area contributed by atoms with E-state index in [4.69, 9.17) is 15.2 Å². The third kappa shape index (κ3) is 4.59. The lowest BCUT2D eigenvalue weighted by Gasteiger charge is -2.33. The topological polar surface area (TPSA) is 77.7 Å². The van der Waals surface area contributed by atoms with Gasteiger partial charge in [-0.25, -0.2) is 4.98 Å². The molecule has 26 heavy (non-hydrogen) atoms. The van der Waals surface area contributed by atoms with Crippen molar-refractivity contribution in [3.05, 3.63) is 29.3 Å². The van der Waals surface area contributed by atoms with Gasteiger partial charge in [0.25, 0.3) is 0 Å². The molecule has 0 saturated carbocycles. The van der Waals surface area contributed by atoms with Gasteiger partial charge >= 0.3 is 0 Å². The molecule has 1 atom stereocenters. The Kier molecular flexibility index (Phi) is 6.96. The molecular weight excluding hydrogens is 350 g/mol. The number of hydrogen-bond donors (Lipinski definition) is 1. The maximum atomic E-state index is 13.0. The summed E-state index contributed by atoms with van der Waals surface area (Å²) >= 11 is 1.57. The molecule has 0 radical (unpaired) electrons. The summed E-state index contributed by atoms with van der Waals surface area (Å²) < 4.78 is 11.4. The van der Waals surface area contributed by atoms with E-state index in [1.807, 2.05) is 29.2 Å². The first-order valence-electron chi connectivity index (χ1n) is 9.14. The molecule has 2 aromatic rings. The summed E-state index contributed by atoms with van der Waals surface area (Å²) in [5.41, 5.74) is 6.88. The number of carbonyl (C=O) groups excluding carboxylic acids is 1. The normalized spacial score (nSPS) is 16.9. The molecule has 0 aliphatic carbocycles. The number of nitrogens with zero attached hydrogens (tertiary/aromatic N) is 2. The summed E-state index contributed by atoms with van der Waals surface area (Å²) in [5.74, 6) is 0.379. The largest absolute Gasteiger partial charge is 0.359 e. The monoisotopic (exact) mass is 377 g/mol. The van der Waals surface area contributed by atoms with E-state index >= 15 is 0 Å². The van der Waals surface area contributed by atoms with Crippen molar-refractivity contribution in [2.45, 2.75) is 25.2 Å². The number of thiazole rings is 1. The van der Waals surface area contributed by atoms with Gasteiger partial charge in [-0.2, -0.15) is 0 Å². The Morgan fingerprint density at radius 1 is 1.38 bits per heavy atom. The lowest BCUT2D eigenvalue weighted by Crippen LogP contribution is -2.42. The molecule has 3 rings (SSSR count). The van der Waals surface area contributed by atoms with Gasteiger partial charge in [0.1, 0.15) is 17.7 Å². The van der Waals surface area contributed by atoms with E-state index in [1.54, 1.807) is 18.4 Å². The molecule has 1 aliphatic rings. The Bertz CT molecular complexity index is 680. The number of hydrogen-bond acceptors (Lipinski definition) is 6. The average Bonchev–Trinajstić information content (AvgIpc) is 3.10. The number of rotatable bonds is 8. The number of amides is 1. The first-order valence-corrected chi connectivity index (χ1v) is 9.95. The Balaban J connectivity index is 1.56. The van der Waals surface area contributed by atoms with Gasteiger partial charge in [0.15, 0.2) is 0 Å². The summed E-state index contributed by atoms with van der Waals surface area (Å²) in [5, 5.41) is 0.828. The third-order valence-electron chi connectivity index (χ3n) is 4.94. The van der Waals surface area contributed by atoms with Crippen molar-refractivity contribution < 1.29 is 14.3 Å². The van der Waals surface area contributed by atoms with Crippen LogP contribution < -0.4 is 5.73 Å². The highest BCUT2D eigenvalue weighted by Gasteiger charge is 2.30. The maximum Gasteiger partial charge on any atom is 0.233 e. The molecule has 142 valence electrons. The number of piperidine rings is 1. The van der Waals surface area contributed by atoms with Crippen LogP contribution in [0.15, 0.2) is 24.3 Å². The summed E-state index contributed by atoms with van der Waals surface area (Å²) in [6, 6.07) is 7.97. The van der Waals surface area contributed by atoms with Crippen molar-refractivity contribution in [2.75, 3.05) is 40.1 Å². The van der Waals surface area contributed by atoms with Crippen LogP contribution in [-0.4, -0.2) is 55.9 Å². The molecule has 1 fully saturated rings. The van der Waals surface area contributed by atoms with Crippen molar-refractivity contribution in [1.29, 1.82) is 0 Å². The molecule has 1 amide bonds. The molecule has 6 nitrogen and oxygen atoms in total. The van der Waals surface area contributed by atoms with Crippen molar-refractivity contribution in [3.8, 4) is 0 Å². The van der Waals surface area contributed by atoms with Gasteiger partial charge in [0.2, 0.25) is 5.91 Å². The van der Waals surface area contributed by atoms with E-state index in [2.05, 4.69) is 4.98 Å². The highest BCUT2D eigenvalue weighted by atomic mass is 32.1. The molecule has 0 unspecified atom stereocenters. The predicted octanol–water partition coefficient (Wildman–Crippen LogP) is 2.59. The zero-order valence-electron chi connectivity index (χ0n) is 15.2. The van der Waals surface area contributed by atoms with Gasteiger partial charge in [0.05, 0.1) is 10.2 Å². The van der Waals surface area contributed by atoms with Crippen LogP contribution in [0.2, 0.25) is 0 Å². The highest BCUT2D eigenvalue weighted by Crippen LogP contribution is 2.30. The Hall–Kier alpha value is -1.54. The smallest absolute Gasteiger partial charge is 0.233 e. The second kappa shape index (κ2) is 9.41. The average molecular weight is 378 g/mol. The number of aromatic nitrogens is 1. The molecule has 1 aromatic carbocycles. The number of benzene rings is 1. The van der Waals surface area contributed by atoms with Crippen LogP contribution in [0, 0.1) is 5.92 Å². The van der Waals surface area contributed by atoms with E-state index < -0.39 is 0 Å². The van der Waals surface area contributed by atoms with Crippen molar-refractivity contribution in [3.63, 3.8) is 0 Å². The summed E-state index contributed by atoms with van der Waals surface area (Å²) in [7, 11) is 1.63. The van der Waals surface area contributed by atoms with E-state index in [0.717, 1.165) is 47.6 Å². The number of para-hydroxylation sites is 1. The lowest BCUT2D eigenvalue weighted by atomic mass is 9.93. The third-order valence-corrected chi connectivity index (χ3v) is 6.09. The second-order valence-electron chi connectivity index (χ2n) is 6.68. The Morgan fingerprint density at radius 3 is 2.85 bits per heavy atom. The van der Waals surface area contributed by atoms with Crippen molar-refractivity contribution in [2.24, 2.45) is 11.7 Å². The van der Waals surface area contributed by atoms with Gasteiger partial charge in [-0.05, 0) is 37.3 Å². The number of nitrogens with two attached hydrogens (primary N) is 1. The molecule has 1 aliphatic heterocycles. The van der Waals surface area contributed by atoms with Gasteiger partial charge < -0.3 is 20.1 Å². The van der Waals surface area contributed by atoms with Crippen LogP contribution >= 0.6 is 11.3 Å². The highest BCUT2D eigenvalue weighted by molar-refractivity contribution is 7.18. The molecule has 0 bridgehead atoms. The maximum absolute atomic E-state index is 13.0. The molecule has 2 N–H and O–H groups in total. The Labute approximate surface area is 158 Å². The molecule has 1 saturated heterocycles. The first-order chi connectivity index (χ1) is 12.7. The zero-order valence-corrected chi connectivity index (χ0v) is 16.0. The minimum atomic E-state index is -0.339. The number of carbonyl (C=O) groups is 1. The number of likely N-dealkylation sites (tertiary alicyclic amines) is 1. The van der Waals surface area contributed by atoms with Crippen LogP contribution in [0.1, 0.15) is 30.2 Å². The number of methoxy groups -OCH3 is 1. The van der Waals surface area contributed by atoms with Crippen LogP contribution in [-0.2, 0) is 14.3 Å². The molecule has 1 aromatic heterocycles. The van der Waals surface area contributed by atoms with E-state index in [0.29, 0.717) is 25.9 Å². The van der Waals surface area contributed by atoms with Crippen LogP contribution in [0.4, 0.5) is 0 Å².